The van der Waals surface area contributed by atoms with Crippen LogP contribution in [0.1, 0.15) is 13.8 Å². The van der Waals surface area contributed by atoms with E-state index < -0.39 is 10.9 Å². The fraction of sp³-hybridized carbons (Fsp3) is 0.267. The number of benzene rings is 1. The Kier molecular flexibility index (Phi) is 5.76. The summed E-state index contributed by atoms with van der Waals surface area (Å²) >= 11 is 2.90. The lowest BCUT2D eigenvalue weighted by Gasteiger charge is -2.07. The topological polar surface area (TPSA) is 128 Å². The number of aromatic nitrogens is 4. The van der Waals surface area contributed by atoms with Gasteiger partial charge in [-0.15, -0.1) is 11.3 Å². The summed E-state index contributed by atoms with van der Waals surface area (Å²) in [6.07, 6.45) is 1.24. The van der Waals surface area contributed by atoms with Crippen molar-refractivity contribution in [3.05, 3.63) is 40.7 Å². The van der Waals surface area contributed by atoms with E-state index in [0.717, 1.165) is 14.6 Å². The van der Waals surface area contributed by atoms with E-state index in [9.17, 15) is 14.9 Å². The maximum atomic E-state index is 12.2. The first-order chi connectivity index (χ1) is 12.9. The number of para-hydroxylation sites is 1. The first-order valence-corrected chi connectivity index (χ1v) is 9.51. The van der Waals surface area contributed by atoms with Crippen LogP contribution < -0.4 is 5.43 Å². The predicted octanol–water partition coefficient (Wildman–Crippen LogP) is 2.47. The molecule has 0 bridgehead atoms. The zero-order valence-corrected chi connectivity index (χ0v) is 16.0. The van der Waals surface area contributed by atoms with Crippen LogP contribution in [-0.4, -0.2) is 41.5 Å². The van der Waals surface area contributed by atoms with E-state index in [1.54, 1.807) is 13.8 Å². The van der Waals surface area contributed by atoms with Crippen molar-refractivity contribution in [2.75, 3.05) is 0 Å². The Balaban J connectivity index is 1.55. The lowest BCUT2D eigenvalue weighted by Crippen LogP contribution is -2.28. The number of hydrazone groups is 1. The van der Waals surface area contributed by atoms with Crippen molar-refractivity contribution in [3.8, 4) is 0 Å². The van der Waals surface area contributed by atoms with Crippen LogP contribution in [-0.2, 0) is 11.3 Å². The van der Waals surface area contributed by atoms with Crippen LogP contribution in [0.25, 0.3) is 10.2 Å². The summed E-state index contributed by atoms with van der Waals surface area (Å²) in [6.45, 7) is 3.64. The van der Waals surface area contributed by atoms with Crippen molar-refractivity contribution in [1.29, 1.82) is 0 Å². The van der Waals surface area contributed by atoms with Gasteiger partial charge in [0, 0.05) is 5.10 Å². The highest BCUT2D eigenvalue weighted by Crippen LogP contribution is 2.31. The Labute approximate surface area is 161 Å². The number of nitrogens with one attached hydrogen (secondary N) is 1. The molecule has 12 heteroatoms. The predicted molar refractivity (Wildman–Crippen MR) is 103 cm³/mol. The van der Waals surface area contributed by atoms with E-state index in [-0.39, 0.29) is 17.7 Å². The summed E-state index contributed by atoms with van der Waals surface area (Å²) in [5, 5.41) is 17.9. The standard InChI is InChI=1S/C15H15N7O3S2/c1-9(7-21-8-16-14(20-21)22(24)25)18-19-13(23)10(2)26-15-17-11-5-3-4-6-12(11)27-15/h3-6,8,10H,7H2,1-2H3,(H,19,23)/b18-9+. The number of nitro groups is 1. The number of carbonyl (C=O) groups is 1. The maximum absolute atomic E-state index is 12.2. The van der Waals surface area contributed by atoms with Gasteiger partial charge in [-0.2, -0.15) is 9.78 Å². The van der Waals surface area contributed by atoms with Crippen molar-refractivity contribution in [3.63, 3.8) is 0 Å². The lowest BCUT2D eigenvalue weighted by atomic mass is 10.3. The van der Waals surface area contributed by atoms with Gasteiger partial charge in [0.1, 0.15) is 0 Å². The molecule has 2 aromatic heterocycles. The zero-order chi connectivity index (χ0) is 19.4. The maximum Gasteiger partial charge on any atom is 0.490 e. The van der Waals surface area contributed by atoms with Gasteiger partial charge < -0.3 is 10.1 Å². The molecule has 0 aliphatic rings. The number of carbonyl (C=O) groups excluding carboxylic acids is 1. The number of hydrogen-bond acceptors (Lipinski definition) is 9. The third-order valence-electron chi connectivity index (χ3n) is 3.36. The number of rotatable bonds is 7. The SMILES string of the molecule is C/C(Cn1cnc([N+](=O)[O-])n1)=N\NC(=O)C(C)Sc1nc2ccccc2s1. The third kappa shape index (κ3) is 4.86. The summed E-state index contributed by atoms with van der Waals surface area (Å²) in [6, 6.07) is 7.80. The van der Waals surface area contributed by atoms with E-state index >= 15 is 0 Å². The molecule has 0 fully saturated rings. The molecule has 1 amide bonds. The smallest absolute Gasteiger partial charge is 0.390 e. The van der Waals surface area contributed by atoms with Crippen molar-refractivity contribution < 1.29 is 9.72 Å². The first-order valence-electron chi connectivity index (χ1n) is 7.81. The largest absolute Gasteiger partial charge is 0.490 e. The van der Waals surface area contributed by atoms with Crippen molar-refractivity contribution in [1.82, 2.24) is 25.2 Å². The number of hydrogen-bond donors (Lipinski definition) is 1. The second kappa shape index (κ2) is 8.22. The lowest BCUT2D eigenvalue weighted by molar-refractivity contribution is -0.394. The van der Waals surface area contributed by atoms with E-state index in [2.05, 4.69) is 25.6 Å². The van der Waals surface area contributed by atoms with Crippen LogP contribution >= 0.6 is 23.1 Å². The average molecular weight is 405 g/mol. The molecule has 0 saturated carbocycles. The molecule has 1 unspecified atom stereocenters. The van der Waals surface area contributed by atoms with Gasteiger partial charge in [-0.3, -0.25) is 4.79 Å². The quantitative estimate of drug-likeness (QED) is 0.277. The highest BCUT2D eigenvalue weighted by atomic mass is 32.2. The van der Waals surface area contributed by atoms with Crippen LogP contribution in [0, 0.1) is 10.1 Å². The Morgan fingerprint density at radius 3 is 2.96 bits per heavy atom. The van der Waals surface area contributed by atoms with Crippen LogP contribution in [0.3, 0.4) is 0 Å². The van der Waals surface area contributed by atoms with E-state index in [1.807, 2.05) is 24.3 Å². The highest BCUT2D eigenvalue weighted by Gasteiger charge is 2.17. The molecule has 0 spiro atoms. The highest BCUT2D eigenvalue weighted by molar-refractivity contribution is 8.02. The van der Waals surface area contributed by atoms with Crippen molar-refractivity contribution in [2.45, 2.75) is 30.0 Å². The Morgan fingerprint density at radius 1 is 1.48 bits per heavy atom. The Morgan fingerprint density at radius 2 is 2.26 bits per heavy atom. The minimum atomic E-state index is -0.675. The van der Waals surface area contributed by atoms with Gasteiger partial charge in [-0.25, -0.2) is 10.4 Å². The van der Waals surface area contributed by atoms with Gasteiger partial charge in [0.05, 0.1) is 27.7 Å². The first kappa shape index (κ1) is 18.9. The molecule has 0 aliphatic carbocycles. The van der Waals surface area contributed by atoms with Gasteiger partial charge >= 0.3 is 5.95 Å². The van der Waals surface area contributed by atoms with Gasteiger partial charge in [0.25, 0.3) is 5.91 Å². The molecule has 0 aliphatic heterocycles. The van der Waals surface area contributed by atoms with Gasteiger partial charge in [-0.05, 0) is 30.9 Å². The average Bonchev–Trinajstić information content (AvgIpc) is 3.25. The molecule has 3 aromatic rings. The molecular formula is C15H15N7O3S2. The van der Waals surface area contributed by atoms with Gasteiger partial charge in [0.15, 0.2) is 4.34 Å². The normalized spacial score (nSPS) is 12.9. The Hall–Kier alpha value is -2.86. The molecule has 0 radical (unpaired) electrons. The molecule has 140 valence electrons. The third-order valence-corrected chi connectivity index (χ3v) is 5.59. The number of nitrogens with zero attached hydrogens (tertiary/aromatic N) is 6. The summed E-state index contributed by atoms with van der Waals surface area (Å²) in [5.74, 6) is -0.740. The molecule has 2 heterocycles. The fourth-order valence-corrected chi connectivity index (χ4v) is 4.27. The summed E-state index contributed by atoms with van der Waals surface area (Å²) in [7, 11) is 0. The Bertz CT molecular complexity index is 981. The van der Waals surface area contributed by atoms with E-state index in [4.69, 9.17) is 0 Å². The van der Waals surface area contributed by atoms with Gasteiger partial charge in [-0.1, -0.05) is 28.9 Å². The minimum Gasteiger partial charge on any atom is -0.390 e. The van der Waals surface area contributed by atoms with Gasteiger partial charge in [0.2, 0.25) is 6.33 Å². The summed E-state index contributed by atoms with van der Waals surface area (Å²) < 4.78 is 3.17. The van der Waals surface area contributed by atoms with Crippen LogP contribution in [0.4, 0.5) is 5.95 Å². The number of amides is 1. The summed E-state index contributed by atoms with van der Waals surface area (Å²) in [4.78, 5) is 30.2. The molecule has 27 heavy (non-hydrogen) atoms. The van der Waals surface area contributed by atoms with E-state index in [1.165, 1.54) is 34.1 Å². The van der Waals surface area contributed by atoms with Crippen LogP contribution in [0.2, 0.25) is 0 Å². The fourth-order valence-electron chi connectivity index (χ4n) is 2.06. The zero-order valence-electron chi connectivity index (χ0n) is 14.4. The molecule has 10 nitrogen and oxygen atoms in total. The van der Waals surface area contributed by atoms with E-state index in [0.29, 0.717) is 5.71 Å². The minimum absolute atomic E-state index is 0.181. The second-order valence-electron chi connectivity index (χ2n) is 5.53. The number of thiazole rings is 1. The molecule has 0 saturated heterocycles. The number of thioether (sulfide) groups is 1. The second-order valence-corrected chi connectivity index (χ2v) is 8.15. The van der Waals surface area contributed by atoms with Crippen LogP contribution in [0.5, 0.6) is 0 Å². The van der Waals surface area contributed by atoms with Crippen molar-refractivity contribution >= 4 is 50.9 Å². The monoisotopic (exact) mass is 405 g/mol. The molecular weight excluding hydrogens is 390 g/mol. The van der Waals surface area contributed by atoms with Crippen LogP contribution in [0.15, 0.2) is 40.0 Å². The molecule has 1 aromatic carbocycles. The summed E-state index contributed by atoms with van der Waals surface area (Å²) in [5.41, 5.74) is 3.93. The number of fused-ring (bicyclic) bond motifs is 1. The molecule has 1 N–H and O–H groups in total. The molecule has 1 atom stereocenters. The van der Waals surface area contributed by atoms with Crippen molar-refractivity contribution in [2.24, 2.45) is 5.10 Å². The molecule has 3 rings (SSSR count).